The lowest BCUT2D eigenvalue weighted by Gasteiger charge is -2.34. The smallest absolute Gasteiger partial charge is 0.222 e. The number of halogens is 2. The third-order valence-corrected chi connectivity index (χ3v) is 4.28. The normalized spacial score (nSPS) is 18.8. The highest BCUT2D eigenvalue weighted by Gasteiger charge is 2.27. The molecule has 0 bridgehead atoms. The molecule has 1 saturated carbocycles. The largest absolute Gasteiger partial charge is 0.340 e. The van der Waals surface area contributed by atoms with Crippen LogP contribution in [0.25, 0.3) is 0 Å². The number of nitrogens with zero attached hydrogens (tertiary/aromatic N) is 2. The monoisotopic (exact) mass is 339 g/mol. The molecular formula is C15H31Cl2N3O. The first-order valence-corrected chi connectivity index (χ1v) is 8.00. The van der Waals surface area contributed by atoms with Crippen LogP contribution < -0.4 is 5.73 Å². The highest BCUT2D eigenvalue weighted by molar-refractivity contribution is 5.85. The first-order chi connectivity index (χ1) is 9.29. The van der Waals surface area contributed by atoms with Crippen LogP contribution in [-0.2, 0) is 4.79 Å². The molecular weight excluding hydrogens is 309 g/mol. The van der Waals surface area contributed by atoms with E-state index in [9.17, 15) is 4.79 Å². The van der Waals surface area contributed by atoms with E-state index in [-0.39, 0.29) is 24.8 Å². The van der Waals surface area contributed by atoms with E-state index < -0.39 is 0 Å². The molecule has 0 aromatic carbocycles. The quantitative estimate of drug-likeness (QED) is 0.690. The van der Waals surface area contributed by atoms with Crippen LogP contribution in [0.4, 0.5) is 0 Å². The van der Waals surface area contributed by atoms with Crippen molar-refractivity contribution < 1.29 is 4.79 Å². The summed E-state index contributed by atoms with van der Waals surface area (Å²) in [6, 6.07) is 0. The average molecular weight is 340 g/mol. The van der Waals surface area contributed by atoms with Gasteiger partial charge in [0, 0.05) is 39.1 Å². The second-order valence-electron chi connectivity index (χ2n) is 6.08. The van der Waals surface area contributed by atoms with E-state index in [1.165, 1.54) is 25.8 Å². The molecule has 0 aromatic heterocycles. The Bertz CT molecular complexity index is 280. The number of amides is 1. The van der Waals surface area contributed by atoms with E-state index in [4.69, 9.17) is 5.73 Å². The third kappa shape index (κ3) is 8.24. The fraction of sp³-hybridized carbons (Fsp3) is 0.933. The highest BCUT2D eigenvalue weighted by atomic mass is 35.5. The van der Waals surface area contributed by atoms with E-state index in [1.54, 1.807) is 0 Å². The predicted octanol–water partition coefficient (Wildman–Crippen LogP) is 2.29. The Morgan fingerprint density at radius 3 is 2.14 bits per heavy atom. The minimum Gasteiger partial charge on any atom is -0.340 e. The molecule has 21 heavy (non-hydrogen) atoms. The van der Waals surface area contributed by atoms with Gasteiger partial charge in [-0.05, 0) is 38.1 Å². The van der Waals surface area contributed by atoms with Gasteiger partial charge in [-0.15, -0.1) is 24.8 Å². The summed E-state index contributed by atoms with van der Waals surface area (Å²) in [5, 5.41) is 0. The van der Waals surface area contributed by atoms with Gasteiger partial charge in [-0.1, -0.05) is 12.8 Å². The molecule has 2 rings (SSSR count). The SMILES string of the molecule is Cl.Cl.NCCCCCCC(=O)N1CCN(CC2CC2)CC1. The van der Waals surface area contributed by atoms with Crippen molar-refractivity contribution in [3.8, 4) is 0 Å². The van der Waals surface area contributed by atoms with E-state index in [2.05, 4.69) is 9.80 Å². The first kappa shape index (κ1) is 21.0. The van der Waals surface area contributed by atoms with E-state index >= 15 is 0 Å². The Labute approximate surface area is 141 Å². The van der Waals surface area contributed by atoms with Gasteiger partial charge in [0.2, 0.25) is 5.91 Å². The number of piperazine rings is 1. The lowest BCUT2D eigenvalue weighted by Crippen LogP contribution is -2.49. The van der Waals surface area contributed by atoms with Crippen LogP contribution in [0.15, 0.2) is 0 Å². The maximum atomic E-state index is 12.1. The van der Waals surface area contributed by atoms with Gasteiger partial charge in [-0.2, -0.15) is 0 Å². The van der Waals surface area contributed by atoms with Gasteiger partial charge >= 0.3 is 0 Å². The number of carbonyl (C=O) groups excluding carboxylic acids is 1. The van der Waals surface area contributed by atoms with Crippen molar-refractivity contribution in [2.75, 3.05) is 39.3 Å². The lowest BCUT2D eigenvalue weighted by atomic mass is 10.1. The molecule has 4 nitrogen and oxygen atoms in total. The molecule has 0 radical (unpaired) electrons. The zero-order valence-corrected chi connectivity index (χ0v) is 14.6. The number of unbranched alkanes of at least 4 members (excludes halogenated alkanes) is 3. The summed E-state index contributed by atoms with van der Waals surface area (Å²) in [6.45, 7) is 6.07. The number of hydrogen-bond acceptors (Lipinski definition) is 3. The van der Waals surface area contributed by atoms with Crippen molar-refractivity contribution in [2.24, 2.45) is 11.7 Å². The predicted molar refractivity (Wildman–Crippen MR) is 92.4 cm³/mol. The van der Waals surface area contributed by atoms with Crippen molar-refractivity contribution in [3.05, 3.63) is 0 Å². The minimum absolute atomic E-state index is 0. The van der Waals surface area contributed by atoms with Crippen LogP contribution in [0.3, 0.4) is 0 Å². The van der Waals surface area contributed by atoms with Crippen LogP contribution in [-0.4, -0.2) is 55.0 Å². The number of rotatable bonds is 8. The summed E-state index contributed by atoms with van der Waals surface area (Å²) < 4.78 is 0. The molecule has 1 saturated heterocycles. The van der Waals surface area contributed by atoms with Crippen molar-refractivity contribution in [2.45, 2.75) is 44.9 Å². The molecule has 0 spiro atoms. The summed E-state index contributed by atoms with van der Waals surface area (Å²) in [5.41, 5.74) is 5.46. The molecule has 2 aliphatic rings. The number of carbonyl (C=O) groups is 1. The van der Waals surface area contributed by atoms with Crippen LogP contribution in [0.2, 0.25) is 0 Å². The van der Waals surface area contributed by atoms with Crippen molar-refractivity contribution in [3.63, 3.8) is 0 Å². The van der Waals surface area contributed by atoms with Gasteiger partial charge in [0.1, 0.15) is 0 Å². The number of nitrogens with two attached hydrogens (primary N) is 1. The molecule has 1 heterocycles. The third-order valence-electron chi connectivity index (χ3n) is 4.28. The Hall–Kier alpha value is -0.0300. The Kier molecular flexibility index (Phi) is 11.5. The van der Waals surface area contributed by atoms with Gasteiger partial charge in [0.25, 0.3) is 0 Å². The standard InChI is InChI=1S/C15H29N3O.2ClH/c16-8-4-2-1-3-5-15(19)18-11-9-17(10-12-18)13-14-6-7-14;;/h14H,1-13,16H2;2*1H. The maximum Gasteiger partial charge on any atom is 0.222 e. The summed E-state index contributed by atoms with van der Waals surface area (Å²) in [5.74, 6) is 1.32. The summed E-state index contributed by atoms with van der Waals surface area (Å²) in [4.78, 5) is 16.6. The molecule has 0 aromatic rings. The van der Waals surface area contributed by atoms with Gasteiger partial charge < -0.3 is 10.6 Å². The van der Waals surface area contributed by atoms with Gasteiger partial charge in [-0.3, -0.25) is 9.69 Å². The summed E-state index contributed by atoms with van der Waals surface area (Å²) in [7, 11) is 0. The molecule has 0 atom stereocenters. The Morgan fingerprint density at radius 1 is 0.952 bits per heavy atom. The molecule has 2 N–H and O–H groups in total. The van der Waals surface area contributed by atoms with E-state index in [0.29, 0.717) is 5.91 Å². The van der Waals surface area contributed by atoms with Crippen molar-refractivity contribution in [1.82, 2.24) is 9.80 Å². The fourth-order valence-corrected chi connectivity index (χ4v) is 2.78. The van der Waals surface area contributed by atoms with Gasteiger partial charge in [-0.25, -0.2) is 0 Å². The fourth-order valence-electron chi connectivity index (χ4n) is 2.78. The highest BCUT2D eigenvalue weighted by Crippen LogP contribution is 2.29. The van der Waals surface area contributed by atoms with Crippen LogP contribution in [0, 0.1) is 5.92 Å². The molecule has 126 valence electrons. The maximum absolute atomic E-state index is 12.1. The van der Waals surface area contributed by atoms with E-state index in [1.807, 2.05) is 0 Å². The van der Waals surface area contributed by atoms with E-state index in [0.717, 1.165) is 64.3 Å². The van der Waals surface area contributed by atoms with Gasteiger partial charge in [0.15, 0.2) is 0 Å². The van der Waals surface area contributed by atoms with Crippen LogP contribution in [0.1, 0.15) is 44.9 Å². The molecule has 0 unspecified atom stereocenters. The minimum atomic E-state index is 0. The van der Waals surface area contributed by atoms with Crippen LogP contribution in [0.5, 0.6) is 0 Å². The summed E-state index contributed by atoms with van der Waals surface area (Å²) >= 11 is 0. The first-order valence-electron chi connectivity index (χ1n) is 8.00. The molecule has 1 aliphatic heterocycles. The zero-order valence-electron chi connectivity index (χ0n) is 13.0. The number of hydrogen-bond donors (Lipinski definition) is 1. The average Bonchev–Trinajstić information content (AvgIpc) is 3.23. The van der Waals surface area contributed by atoms with Crippen LogP contribution >= 0.6 is 24.8 Å². The second kappa shape index (κ2) is 11.5. The van der Waals surface area contributed by atoms with Crippen molar-refractivity contribution in [1.29, 1.82) is 0 Å². The molecule has 2 fully saturated rings. The molecule has 1 aliphatic carbocycles. The molecule has 6 heteroatoms. The molecule has 1 amide bonds. The zero-order chi connectivity index (χ0) is 13.5. The van der Waals surface area contributed by atoms with Gasteiger partial charge in [0.05, 0.1) is 0 Å². The Morgan fingerprint density at radius 2 is 1.57 bits per heavy atom. The topological polar surface area (TPSA) is 49.6 Å². The lowest BCUT2D eigenvalue weighted by molar-refractivity contribution is -0.133. The summed E-state index contributed by atoms with van der Waals surface area (Å²) in [6.07, 6.45) is 8.00. The van der Waals surface area contributed by atoms with Crippen molar-refractivity contribution >= 4 is 30.7 Å². The Balaban J connectivity index is 0.00000200. The second-order valence-corrected chi connectivity index (χ2v) is 6.08.